The molecule has 30 heavy (non-hydrogen) atoms. The predicted molar refractivity (Wildman–Crippen MR) is 117 cm³/mol. The fourth-order valence-electron chi connectivity index (χ4n) is 4.39. The van der Waals surface area contributed by atoms with Crippen LogP contribution >= 0.6 is 0 Å². The molecular formula is C22H31N3O4S. The van der Waals surface area contributed by atoms with E-state index in [2.05, 4.69) is 22.4 Å². The minimum absolute atomic E-state index is 0.0291. The van der Waals surface area contributed by atoms with Gasteiger partial charge in [0.25, 0.3) is 0 Å². The maximum Gasteiger partial charge on any atom is 0.243 e. The predicted octanol–water partition coefficient (Wildman–Crippen LogP) is 2.99. The molecule has 1 atom stereocenters. The first-order chi connectivity index (χ1) is 14.6. The molecule has 7 nitrogen and oxygen atoms in total. The van der Waals surface area contributed by atoms with E-state index in [-0.39, 0.29) is 16.7 Å². The lowest BCUT2D eigenvalue weighted by molar-refractivity contribution is -0.120. The number of carbonyl (C=O) groups is 1. The van der Waals surface area contributed by atoms with Gasteiger partial charge in [0, 0.05) is 32.1 Å². The number of allylic oxidation sites excluding steroid dienone is 2. The number of nitrogens with one attached hydrogen (secondary N) is 1. The SMILES string of the molecule is O=C(Nc1cc(S(=O)(=O)N2CCOCC2)ccc1N1CCCCC1)C1CC=CCC1. The molecule has 3 aliphatic rings. The Labute approximate surface area is 179 Å². The molecule has 2 saturated heterocycles. The maximum absolute atomic E-state index is 13.1. The first-order valence-electron chi connectivity index (χ1n) is 11.0. The zero-order valence-corrected chi connectivity index (χ0v) is 18.2. The monoisotopic (exact) mass is 433 g/mol. The number of hydrogen-bond donors (Lipinski definition) is 1. The van der Waals surface area contributed by atoms with Crippen LogP contribution in [0.1, 0.15) is 38.5 Å². The summed E-state index contributed by atoms with van der Waals surface area (Å²) in [5.74, 6) is -0.0951. The fourth-order valence-corrected chi connectivity index (χ4v) is 5.82. The van der Waals surface area contributed by atoms with Crippen LogP contribution in [0, 0.1) is 5.92 Å². The molecule has 0 spiro atoms. The largest absolute Gasteiger partial charge is 0.379 e. The van der Waals surface area contributed by atoms with Crippen LogP contribution in [0.4, 0.5) is 11.4 Å². The molecule has 4 rings (SSSR count). The summed E-state index contributed by atoms with van der Waals surface area (Å²) in [7, 11) is -3.62. The van der Waals surface area contributed by atoms with Crippen molar-refractivity contribution in [1.82, 2.24) is 4.31 Å². The second-order valence-corrected chi connectivity index (χ2v) is 10.2. The minimum atomic E-state index is -3.62. The number of nitrogens with zero attached hydrogens (tertiary/aromatic N) is 2. The summed E-state index contributed by atoms with van der Waals surface area (Å²) in [5, 5.41) is 3.07. The third-order valence-electron chi connectivity index (χ3n) is 6.17. The van der Waals surface area contributed by atoms with Gasteiger partial charge in [-0.1, -0.05) is 12.2 Å². The summed E-state index contributed by atoms with van der Waals surface area (Å²) in [6.45, 7) is 3.36. The van der Waals surface area contributed by atoms with Crippen molar-refractivity contribution in [2.45, 2.75) is 43.4 Å². The van der Waals surface area contributed by atoms with Crippen molar-refractivity contribution in [1.29, 1.82) is 0 Å². The number of hydrogen-bond acceptors (Lipinski definition) is 5. The fraction of sp³-hybridized carbons (Fsp3) is 0.591. The molecular weight excluding hydrogens is 402 g/mol. The van der Waals surface area contributed by atoms with Crippen LogP contribution in [0.2, 0.25) is 0 Å². The minimum Gasteiger partial charge on any atom is -0.379 e. The Morgan fingerprint density at radius 3 is 2.50 bits per heavy atom. The van der Waals surface area contributed by atoms with Gasteiger partial charge in [0.1, 0.15) is 0 Å². The zero-order valence-electron chi connectivity index (χ0n) is 17.4. The van der Waals surface area contributed by atoms with E-state index in [0.29, 0.717) is 32.0 Å². The normalized spacial score (nSPS) is 23.3. The van der Waals surface area contributed by atoms with Gasteiger partial charge in [0.05, 0.1) is 29.5 Å². The van der Waals surface area contributed by atoms with Crippen molar-refractivity contribution in [2.24, 2.45) is 5.92 Å². The van der Waals surface area contributed by atoms with Crippen LogP contribution in [0.15, 0.2) is 35.2 Å². The van der Waals surface area contributed by atoms with Gasteiger partial charge in [0.15, 0.2) is 0 Å². The Morgan fingerprint density at radius 2 is 1.80 bits per heavy atom. The number of anilines is 2. The molecule has 0 saturated carbocycles. The van der Waals surface area contributed by atoms with Crippen LogP contribution in [0.25, 0.3) is 0 Å². The number of sulfonamides is 1. The van der Waals surface area contributed by atoms with Gasteiger partial charge in [0.2, 0.25) is 15.9 Å². The van der Waals surface area contributed by atoms with Gasteiger partial charge in [-0.3, -0.25) is 4.79 Å². The highest BCUT2D eigenvalue weighted by molar-refractivity contribution is 7.89. The molecule has 1 amide bonds. The molecule has 2 heterocycles. The third-order valence-corrected chi connectivity index (χ3v) is 8.06. The Morgan fingerprint density at radius 1 is 1.03 bits per heavy atom. The summed E-state index contributed by atoms with van der Waals surface area (Å²) >= 11 is 0. The van der Waals surface area contributed by atoms with Crippen molar-refractivity contribution in [3.8, 4) is 0 Å². The van der Waals surface area contributed by atoms with Crippen LogP contribution in [-0.2, 0) is 19.6 Å². The highest BCUT2D eigenvalue weighted by Crippen LogP contribution is 2.33. The number of morpholine rings is 1. The van der Waals surface area contributed by atoms with Crippen molar-refractivity contribution in [3.63, 3.8) is 0 Å². The van der Waals surface area contributed by atoms with E-state index >= 15 is 0 Å². The van der Waals surface area contributed by atoms with Gasteiger partial charge < -0.3 is 15.0 Å². The highest BCUT2D eigenvalue weighted by atomic mass is 32.2. The Balaban J connectivity index is 1.63. The summed E-state index contributed by atoms with van der Waals surface area (Å²) in [5.41, 5.74) is 1.51. The molecule has 2 aliphatic heterocycles. The van der Waals surface area contributed by atoms with E-state index in [1.54, 1.807) is 12.1 Å². The zero-order chi connectivity index (χ0) is 21.0. The molecule has 1 aromatic carbocycles. The second-order valence-electron chi connectivity index (χ2n) is 8.21. The lowest BCUT2D eigenvalue weighted by Crippen LogP contribution is -2.40. The van der Waals surface area contributed by atoms with Crippen LogP contribution in [0.3, 0.4) is 0 Å². The number of rotatable bonds is 5. The highest BCUT2D eigenvalue weighted by Gasteiger charge is 2.28. The van der Waals surface area contributed by atoms with Gasteiger partial charge in [-0.2, -0.15) is 4.31 Å². The number of carbonyl (C=O) groups excluding carboxylic acids is 1. The van der Waals surface area contributed by atoms with Crippen LogP contribution < -0.4 is 10.2 Å². The van der Waals surface area contributed by atoms with Crippen molar-refractivity contribution in [3.05, 3.63) is 30.4 Å². The van der Waals surface area contributed by atoms with Crippen molar-refractivity contribution >= 4 is 27.3 Å². The third kappa shape index (κ3) is 4.71. The summed E-state index contributed by atoms with van der Waals surface area (Å²) < 4.78 is 33.1. The first-order valence-corrected chi connectivity index (χ1v) is 12.4. The number of ether oxygens (including phenoxy) is 1. The topological polar surface area (TPSA) is 79.0 Å². The van der Waals surface area contributed by atoms with Crippen molar-refractivity contribution < 1.29 is 17.9 Å². The summed E-state index contributed by atoms with van der Waals surface area (Å²) in [4.78, 5) is 15.4. The first kappa shape index (κ1) is 21.3. The smallest absolute Gasteiger partial charge is 0.243 e. The van der Waals surface area contributed by atoms with Gasteiger partial charge in [-0.25, -0.2) is 8.42 Å². The Bertz CT molecular complexity index is 888. The van der Waals surface area contributed by atoms with Crippen LogP contribution in [-0.4, -0.2) is 58.0 Å². The average Bonchev–Trinajstić information content (AvgIpc) is 2.81. The number of piperidine rings is 1. The van der Waals surface area contributed by atoms with E-state index in [4.69, 9.17) is 4.74 Å². The van der Waals surface area contributed by atoms with Gasteiger partial charge in [-0.05, 0) is 56.7 Å². The van der Waals surface area contributed by atoms with E-state index in [0.717, 1.165) is 50.9 Å². The lowest BCUT2D eigenvalue weighted by atomic mass is 9.93. The van der Waals surface area contributed by atoms with E-state index in [9.17, 15) is 13.2 Å². The van der Waals surface area contributed by atoms with E-state index in [1.165, 1.54) is 10.7 Å². The van der Waals surface area contributed by atoms with E-state index in [1.807, 2.05) is 6.07 Å². The molecule has 0 aromatic heterocycles. The number of amides is 1. The Kier molecular flexibility index (Phi) is 6.75. The molecule has 8 heteroatoms. The van der Waals surface area contributed by atoms with Crippen molar-refractivity contribution in [2.75, 3.05) is 49.6 Å². The number of benzene rings is 1. The second kappa shape index (κ2) is 9.49. The molecule has 1 N–H and O–H groups in total. The Hall–Kier alpha value is -1.90. The van der Waals surface area contributed by atoms with Gasteiger partial charge in [-0.15, -0.1) is 0 Å². The van der Waals surface area contributed by atoms with Crippen LogP contribution in [0.5, 0.6) is 0 Å². The molecule has 1 aromatic rings. The molecule has 2 fully saturated rings. The van der Waals surface area contributed by atoms with Gasteiger partial charge >= 0.3 is 0 Å². The molecule has 0 radical (unpaired) electrons. The summed E-state index contributed by atoms with van der Waals surface area (Å²) in [6, 6.07) is 5.17. The average molecular weight is 434 g/mol. The lowest BCUT2D eigenvalue weighted by Gasteiger charge is -2.32. The molecule has 1 aliphatic carbocycles. The molecule has 1 unspecified atom stereocenters. The quantitative estimate of drug-likeness (QED) is 0.722. The standard InChI is InChI=1S/C22H31N3O4S/c26-22(18-7-3-1-4-8-18)23-20-17-19(30(27,28)25-13-15-29-16-14-25)9-10-21(20)24-11-5-2-6-12-24/h1,3,9-10,17-18H,2,4-8,11-16H2,(H,23,26). The van der Waals surface area contributed by atoms with E-state index < -0.39 is 10.0 Å². The molecule has 0 bridgehead atoms. The maximum atomic E-state index is 13.1. The molecule has 164 valence electrons. The summed E-state index contributed by atoms with van der Waals surface area (Å²) in [6.07, 6.45) is 10.0.